The summed E-state index contributed by atoms with van der Waals surface area (Å²) in [6.45, 7) is 3.99. The fourth-order valence-electron chi connectivity index (χ4n) is 3.73. The Morgan fingerprint density at radius 3 is 2.72 bits per heavy atom. The van der Waals surface area contributed by atoms with Gasteiger partial charge >= 0.3 is 0 Å². The first-order valence-corrected chi connectivity index (χ1v) is 10.2. The number of rotatable bonds is 7. The quantitative estimate of drug-likeness (QED) is 0.301. The summed E-state index contributed by atoms with van der Waals surface area (Å²) < 4.78 is 5.22. The van der Waals surface area contributed by atoms with E-state index in [1.165, 1.54) is 0 Å². The van der Waals surface area contributed by atoms with E-state index in [2.05, 4.69) is 20.8 Å². The summed E-state index contributed by atoms with van der Waals surface area (Å²) in [6.07, 6.45) is 5.85. The first kappa shape index (κ1) is 21.3. The van der Waals surface area contributed by atoms with E-state index >= 15 is 0 Å². The summed E-state index contributed by atoms with van der Waals surface area (Å²) in [5, 5.41) is 2.85. The molecule has 164 valence electrons. The molecule has 2 amide bonds. The van der Waals surface area contributed by atoms with Crippen molar-refractivity contribution >= 4 is 29.2 Å². The lowest BCUT2D eigenvalue weighted by Gasteiger charge is -2.07. The number of fused-ring (bicyclic) bond motifs is 1. The highest BCUT2D eigenvalue weighted by Gasteiger charge is 2.26. The highest BCUT2D eigenvalue weighted by Crippen LogP contribution is 2.36. The minimum atomic E-state index is -0.336. The Balaban J connectivity index is 1.48. The van der Waals surface area contributed by atoms with Crippen LogP contribution >= 0.6 is 0 Å². The lowest BCUT2D eigenvalue weighted by Crippen LogP contribution is -2.25. The van der Waals surface area contributed by atoms with Gasteiger partial charge in [0.05, 0.1) is 30.5 Å². The molecule has 3 aromatic rings. The summed E-state index contributed by atoms with van der Waals surface area (Å²) in [6, 6.07) is 9.23. The van der Waals surface area contributed by atoms with E-state index in [0.717, 1.165) is 16.7 Å². The number of H-pyrrole nitrogens is 1. The second-order valence-corrected chi connectivity index (χ2v) is 7.47. The Bertz CT molecular complexity index is 1200. The van der Waals surface area contributed by atoms with Crippen LogP contribution in [0.3, 0.4) is 0 Å². The molecule has 32 heavy (non-hydrogen) atoms. The Kier molecular flexibility index (Phi) is 6.04. The van der Waals surface area contributed by atoms with E-state index in [9.17, 15) is 9.59 Å². The molecule has 3 heterocycles. The van der Waals surface area contributed by atoms with Gasteiger partial charge in [-0.1, -0.05) is 0 Å². The van der Waals surface area contributed by atoms with Crippen LogP contribution in [0.5, 0.6) is 5.75 Å². The molecular formula is C24H24N4O4. The Morgan fingerprint density at radius 1 is 1.19 bits per heavy atom. The minimum absolute atomic E-state index is 0.203. The van der Waals surface area contributed by atoms with Gasteiger partial charge in [0.25, 0.3) is 11.8 Å². The molecule has 0 bridgehead atoms. The molecule has 4 rings (SSSR count). The number of aromatic amines is 1. The number of nitrogens with zero attached hydrogens (tertiary/aromatic N) is 1. The molecule has 0 radical (unpaired) electrons. The molecule has 3 N–H and O–H groups in total. The second kappa shape index (κ2) is 9.07. The van der Waals surface area contributed by atoms with Crippen LogP contribution in [-0.2, 0) is 16.1 Å². The number of nitrogens with one attached hydrogen (secondary N) is 3. The number of aryl methyl sites for hydroxylation is 1. The molecule has 0 fully saturated rings. The van der Waals surface area contributed by atoms with Gasteiger partial charge < -0.3 is 15.0 Å². The molecule has 1 aliphatic heterocycles. The van der Waals surface area contributed by atoms with Crippen molar-refractivity contribution in [3.05, 3.63) is 76.4 Å². The molecule has 1 aromatic carbocycles. The van der Waals surface area contributed by atoms with Gasteiger partial charge in [-0.2, -0.15) is 0 Å². The number of pyridine rings is 1. The lowest BCUT2D eigenvalue weighted by molar-refractivity contribution is -0.110. The summed E-state index contributed by atoms with van der Waals surface area (Å²) in [5.74, 6) is 0.127. The fraction of sp³-hybridized carbons (Fsp3) is 0.208. The van der Waals surface area contributed by atoms with Crippen LogP contribution in [0.1, 0.15) is 38.4 Å². The van der Waals surface area contributed by atoms with Crippen molar-refractivity contribution in [2.45, 2.75) is 20.3 Å². The van der Waals surface area contributed by atoms with Gasteiger partial charge in [0, 0.05) is 35.4 Å². The van der Waals surface area contributed by atoms with Crippen LogP contribution in [0, 0.1) is 13.8 Å². The van der Waals surface area contributed by atoms with Gasteiger partial charge in [0.1, 0.15) is 5.75 Å². The van der Waals surface area contributed by atoms with E-state index in [4.69, 9.17) is 9.57 Å². The van der Waals surface area contributed by atoms with Crippen LogP contribution in [0.4, 0.5) is 5.69 Å². The number of hydrogen-bond donors (Lipinski definition) is 3. The van der Waals surface area contributed by atoms with Crippen molar-refractivity contribution in [1.29, 1.82) is 0 Å². The molecule has 0 saturated heterocycles. The van der Waals surface area contributed by atoms with Crippen molar-refractivity contribution in [3.63, 3.8) is 0 Å². The molecule has 0 aliphatic carbocycles. The molecule has 8 nitrogen and oxygen atoms in total. The third-order valence-electron chi connectivity index (χ3n) is 5.41. The molecule has 1 aliphatic rings. The minimum Gasteiger partial charge on any atom is -0.497 e. The number of hydroxylamine groups is 1. The Morgan fingerprint density at radius 2 is 1.97 bits per heavy atom. The van der Waals surface area contributed by atoms with Crippen molar-refractivity contribution in [2.75, 3.05) is 19.0 Å². The van der Waals surface area contributed by atoms with Crippen LogP contribution in [-0.4, -0.2) is 35.5 Å². The van der Waals surface area contributed by atoms with Crippen LogP contribution in [0.2, 0.25) is 0 Å². The molecule has 2 aromatic heterocycles. The highest BCUT2D eigenvalue weighted by molar-refractivity contribution is 6.35. The van der Waals surface area contributed by atoms with Gasteiger partial charge in [0.15, 0.2) is 0 Å². The summed E-state index contributed by atoms with van der Waals surface area (Å²) in [4.78, 5) is 37.8. The Labute approximate surface area is 185 Å². The zero-order chi connectivity index (χ0) is 22.7. The van der Waals surface area contributed by atoms with E-state index in [1.54, 1.807) is 31.6 Å². The number of carbonyl (C=O) groups is 2. The third kappa shape index (κ3) is 4.26. The number of methoxy groups -OCH3 is 1. The molecule has 0 spiro atoms. The van der Waals surface area contributed by atoms with Gasteiger partial charge in [-0.25, -0.2) is 5.48 Å². The zero-order valence-corrected chi connectivity index (χ0v) is 18.1. The number of amides is 2. The van der Waals surface area contributed by atoms with Crippen molar-refractivity contribution in [2.24, 2.45) is 0 Å². The number of benzene rings is 1. The fourth-order valence-corrected chi connectivity index (χ4v) is 3.73. The molecular weight excluding hydrogens is 408 g/mol. The topological polar surface area (TPSA) is 105 Å². The van der Waals surface area contributed by atoms with E-state index in [0.29, 0.717) is 47.0 Å². The summed E-state index contributed by atoms with van der Waals surface area (Å²) in [5.41, 5.74) is 8.20. The van der Waals surface area contributed by atoms with E-state index in [1.807, 2.05) is 38.1 Å². The maximum absolute atomic E-state index is 12.7. The zero-order valence-electron chi connectivity index (χ0n) is 18.1. The molecule has 0 saturated carbocycles. The van der Waals surface area contributed by atoms with E-state index < -0.39 is 0 Å². The van der Waals surface area contributed by atoms with Gasteiger partial charge in [0.2, 0.25) is 0 Å². The standard InChI is InChI=1S/C24H24N4O4/c1-14-20(13-19-18-5-4-17(31-3)12-21(18)27-23(19)29)26-15(2)22(14)24(30)28-32-11-8-16-6-9-25-10-7-16/h4-7,9-10,12-13,26H,8,11H2,1-3H3,(H,27,29)(H,28,30)/b19-13-. The number of ether oxygens (including phenoxy) is 1. The normalized spacial score (nSPS) is 13.7. The monoisotopic (exact) mass is 432 g/mol. The number of carbonyl (C=O) groups excluding carboxylic acids is 2. The van der Waals surface area contributed by atoms with Gasteiger partial charge in [-0.3, -0.25) is 19.4 Å². The number of anilines is 1. The first-order valence-electron chi connectivity index (χ1n) is 10.2. The average Bonchev–Trinajstić information content (AvgIpc) is 3.26. The second-order valence-electron chi connectivity index (χ2n) is 7.47. The predicted molar refractivity (Wildman–Crippen MR) is 121 cm³/mol. The van der Waals surface area contributed by atoms with Crippen LogP contribution < -0.4 is 15.5 Å². The average molecular weight is 432 g/mol. The van der Waals surface area contributed by atoms with Crippen molar-refractivity contribution in [1.82, 2.24) is 15.4 Å². The maximum Gasteiger partial charge on any atom is 0.276 e. The SMILES string of the molecule is COc1ccc2c(c1)NC(=O)/C2=C\c1[nH]c(C)c(C(=O)NOCCc2ccncc2)c1C. The third-order valence-corrected chi connectivity index (χ3v) is 5.41. The smallest absolute Gasteiger partial charge is 0.276 e. The first-order chi connectivity index (χ1) is 15.5. The maximum atomic E-state index is 12.7. The van der Waals surface area contributed by atoms with Crippen LogP contribution in [0.15, 0.2) is 42.7 Å². The summed E-state index contributed by atoms with van der Waals surface area (Å²) >= 11 is 0. The molecule has 0 unspecified atom stereocenters. The number of hydrogen-bond acceptors (Lipinski definition) is 5. The van der Waals surface area contributed by atoms with Crippen molar-refractivity contribution in [3.8, 4) is 5.75 Å². The number of aromatic nitrogens is 2. The Hall–Kier alpha value is -3.91. The van der Waals surface area contributed by atoms with Crippen molar-refractivity contribution < 1.29 is 19.2 Å². The largest absolute Gasteiger partial charge is 0.497 e. The van der Waals surface area contributed by atoms with E-state index in [-0.39, 0.29) is 11.8 Å². The lowest BCUT2D eigenvalue weighted by atomic mass is 10.0. The van der Waals surface area contributed by atoms with Gasteiger partial charge in [-0.05, 0) is 61.7 Å². The molecule has 0 atom stereocenters. The summed E-state index contributed by atoms with van der Waals surface area (Å²) in [7, 11) is 1.58. The van der Waals surface area contributed by atoms with Gasteiger partial charge in [-0.15, -0.1) is 0 Å². The predicted octanol–water partition coefficient (Wildman–Crippen LogP) is 3.43. The molecule has 8 heteroatoms. The highest BCUT2D eigenvalue weighted by atomic mass is 16.6. The van der Waals surface area contributed by atoms with Crippen LogP contribution in [0.25, 0.3) is 11.6 Å².